The number of fused-ring (bicyclic) bond motifs is 10. The monoisotopic (exact) mass is 768 g/mol. The predicted molar refractivity (Wildman–Crippen MR) is 254 cm³/mol. The Morgan fingerprint density at radius 1 is 0.367 bits per heavy atom. The number of para-hydroxylation sites is 3. The van der Waals surface area contributed by atoms with Gasteiger partial charge in [0, 0.05) is 43.9 Å². The lowest BCUT2D eigenvalue weighted by molar-refractivity contribution is 0.660. The number of hydrogen-bond acceptors (Lipinski definition) is 1. The molecule has 0 radical (unpaired) electrons. The van der Waals surface area contributed by atoms with Crippen LogP contribution in [0.25, 0.3) is 71.6 Å². The third kappa shape index (κ3) is 4.88. The van der Waals surface area contributed by atoms with Crippen LogP contribution in [0.3, 0.4) is 0 Å². The minimum atomic E-state index is -0.0790. The van der Waals surface area contributed by atoms with Crippen molar-refractivity contribution in [2.45, 2.75) is 38.5 Å². The highest BCUT2D eigenvalue weighted by molar-refractivity contribution is 6.11. The number of aromatic nitrogens is 1. The Kier molecular flexibility index (Phi) is 7.36. The van der Waals surface area contributed by atoms with E-state index in [0.29, 0.717) is 0 Å². The molecule has 10 aromatic rings. The summed E-state index contributed by atoms with van der Waals surface area (Å²) in [6, 6.07) is 72.5. The van der Waals surface area contributed by atoms with Crippen molar-refractivity contribution in [2.24, 2.45) is 0 Å². The van der Waals surface area contributed by atoms with Gasteiger partial charge in [-0.1, -0.05) is 167 Å². The van der Waals surface area contributed by atoms with Gasteiger partial charge in [0.15, 0.2) is 0 Å². The van der Waals surface area contributed by atoms with Crippen LogP contribution in [0.15, 0.2) is 194 Å². The van der Waals surface area contributed by atoms with E-state index in [1.807, 2.05) is 0 Å². The normalized spacial score (nSPS) is 14.3. The first-order chi connectivity index (χ1) is 29.3. The third-order valence-electron chi connectivity index (χ3n) is 13.8. The lowest BCUT2D eigenvalue weighted by Gasteiger charge is -2.30. The van der Waals surface area contributed by atoms with Crippen molar-refractivity contribution in [2.75, 3.05) is 4.90 Å². The van der Waals surface area contributed by atoms with Crippen LogP contribution in [-0.4, -0.2) is 4.57 Å². The number of hydrogen-bond donors (Lipinski definition) is 0. The minimum Gasteiger partial charge on any atom is -0.310 e. The van der Waals surface area contributed by atoms with Crippen molar-refractivity contribution in [3.63, 3.8) is 0 Å². The van der Waals surface area contributed by atoms with Crippen molar-refractivity contribution in [1.82, 2.24) is 4.57 Å². The largest absolute Gasteiger partial charge is 0.310 e. The van der Waals surface area contributed by atoms with Crippen LogP contribution in [0.1, 0.15) is 49.9 Å². The zero-order valence-corrected chi connectivity index (χ0v) is 34.4. The van der Waals surface area contributed by atoms with E-state index >= 15 is 0 Å². The topological polar surface area (TPSA) is 8.17 Å². The smallest absolute Gasteiger partial charge is 0.0546 e. The van der Waals surface area contributed by atoms with Gasteiger partial charge in [0.1, 0.15) is 0 Å². The van der Waals surface area contributed by atoms with Gasteiger partial charge < -0.3 is 9.47 Å². The van der Waals surface area contributed by atoms with Crippen LogP contribution in [0.5, 0.6) is 0 Å². The molecule has 0 aliphatic heterocycles. The molecule has 9 aromatic carbocycles. The molecule has 2 heteroatoms. The summed E-state index contributed by atoms with van der Waals surface area (Å²) in [5.74, 6) is 0. The summed E-state index contributed by atoms with van der Waals surface area (Å²) < 4.78 is 2.47. The second kappa shape index (κ2) is 12.7. The Morgan fingerprint density at radius 2 is 0.817 bits per heavy atom. The molecular formula is C58H44N2. The van der Waals surface area contributed by atoms with Crippen molar-refractivity contribution in [3.05, 3.63) is 216 Å². The number of anilines is 3. The molecule has 2 aliphatic rings. The van der Waals surface area contributed by atoms with E-state index < -0.39 is 0 Å². The number of nitrogens with zero attached hydrogens (tertiary/aromatic N) is 2. The van der Waals surface area contributed by atoms with E-state index in [2.05, 4.69) is 231 Å². The van der Waals surface area contributed by atoms with E-state index in [-0.39, 0.29) is 10.8 Å². The first-order valence-corrected chi connectivity index (χ1v) is 21.2. The summed E-state index contributed by atoms with van der Waals surface area (Å²) in [6.07, 6.45) is 0. The molecule has 0 N–H and O–H groups in total. The Balaban J connectivity index is 1.12. The maximum Gasteiger partial charge on any atom is 0.0546 e. The molecule has 0 unspecified atom stereocenters. The van der Waals surface area contributed by atoms with Gasteiger partial charge in [-0.15, -0.1) is 0 Å². The standard InChI is InChI=1S/C58H44N2/c1-57(2)49-24-12-7-20-43(49)47-35-39(29-31-51(47)57)59(40-30-32-52-48(36-40)44-21-8-13-25-50(44)58(52,3)4)53-26-14-9-19-42(53)38-33-37-17-5-6-18-41(37)56(34-38)60-54-27-15-10-22-45(54)46-23-11-16-28-55(46)60/h5-36H,1-4H3. The van der Waals surface area contributed by atoms with Crippen LogP contribution >= 0.6 is 0 Å². The molecule has 2 nitrogen and oxygen atoms in total. The highest BCUT2D eigenvalue weighted by atomic mass is 15.1. The first-order valence-electron chi connectivity index (χ1n) is 21.2. The van der Waals surface area contributed by atoms with Gasteiger partial charge in [0.05, 0.1) is 22.4 Å². The zero-order chi connectivity index (χ0) is 40.3. The van der Waals surface area contributed by atoms with E-state index in [1.165, 1.54) is 93.9 Å². The summed E-state index contributed by atoms with van der Waals surface area (Å²) in [6.45, 7) is 9.44. The molecule has 60 heavy (non-hydrogen) atoms. The summed E-state index contributed by atoms with van der Waals surface area (Å²) in [5, 5.41) is 4.96. The van der Waals surface area contributed by atoms with E-state index in [0.717, 1.165) is 17.1 Å². The van der Waals surface area contributed by atoms with Gasteiger partial charge in [-0.25, -0.2) is 0 Å². The van der Waals surface area contributed by atoms with Crippen LogP contribution in [0.4, 0.5) is 17.1 Å². The highest BCUT2D eigenvalue weighted by Crippen LogP contribution is 2.54. The fourth-order valence-electron chi connectivity index (χ4n) is 10.8. The van der Waals surface area contributed by atoms with Crippen molar-refractivity contribution in [1.29, 1.82) is 0 Å². The molecule has 286 valence electrons. The molecule has 0 spiro atoms. The van der Waals surface area contributed by atoms with Crippen molar-refractivity contribution < 1.29 is 0 Å². The van der Waals surface area contributed by atoms with Crippen LogP contribution < -0.4 is 4.90 Å². The molecule has 12 rings (SSSR count). The first kappa shape index (κ1) is 34.8. The van der Waals surface area contributed by atoms with Crippen LogP contribution in [0, 0.1) is 0 Å². The average molecular weight is 769 g/mol. The van der Waals surface area contributed by atoms with Gasteiger partial charge in [0.25, 0.3) is 0 Å². The number of benzene rings is 9. The van der Waals surface area contributed by atoms with E-state index in [1.54, 1.807) is 0 Å². The van der Waals surface area contributed by atoms with E-state index in [9.17, 15) is 0 Å². The second-order valence-corrected chi connectivity index (χ2v) is 17.7. The minimum absolute atomic E-state index is 0.0790. The summed E-state index contributed by atoms with van der Waals surface area (Å²) in [5.41, 5.74) is 20.0. The molecule has 0 atom stereocenters. The Labute approximate surface area is 351 Å². The van der Waals surface area contributed by atoms with E-state index in [4.69, 9.17) is 0 Å². The quantitative estimate of drug-likeness (QED) is 0.169. The summed E-state index contributed by atoms with van der Waals surface area (Å²) in [4.78, 5) is 2.51. The Morgan fingerprint density at radius 3 is 1.40 bits per heavy atom. The lowest BCUT2D eigenvalue weighted by atomic mass is 9.82. The molecule has 1 heterocycles. The number of rotatable bonds is 5. The van der Waals surface area contributed by atoms with Crippen molar-refractivity contribution >= 4 is 49.6 Å². The fraction of sp³-hybridized carbons (Fsp3) is 0.103. The Bertz CT molecular complexity index is 3230. The third-order valence-corrected chi connectivity index (χ3v) is 13.8. The zero-order valence-electron chi connectivity index (χ0n) is 34.4. The van der Waals surface area contributed by atoms with Crippen LogP contribution in [0.2, 0.25) is 0 Å². The van der Waals surface area contributed by atoms with Gasteiger partial charge in [-0.05, 0) is 110 Å². The summed E-state index contributed by atoms with van der Waals surface area (Å²) in [7, 11) is 0. The molecule has 0 bridgehead atoms. The maximum absolute atomic E-state index is 2.51. The lowest BCUT2D eigenvalue weighted by Crippen LogP contribution is -2.16. The van der Waals surface area contributed by atoms with Crippen molar-refractivity contribution in [3.8, 4) is 39.1 Å². The predicted octanol–water partition coefficient (Wildman–Crippen LogP) is 15.7. The molecule has 0 saturated heterocycles. The maximum atomic E-state index is 2.51. The second-order valence-electron chi connectivity index (χ2n) is 17.7. The average Bonchev–Trinajstić information content (AvgIpc) is 3.83. The van der Waals surface area contributed by atoms with Gasteiger partial charge in [-0.2, -0.15) is 0 Å². The SMILES string of the molecule is CC1(C)c2ccccc2-c2cc(N(c3ccc4c(c3)-c3ccccc3C4(C)C)c3ccccc3-c3cc(-n4c5ccccc5c5ccccc54)c4ccccc4c3)ccc21. The summed E-state index contributed by atoms with van der Waals surface area (Å²) >= 11 is 0. The van der Waals surface area contributed by atoms with Gasteiger partial charge in [0.2, 0.25) is 0 Å². The molecule has 0 fully saturated rings. The van der Waals surface area contributed by atoms with Gasteiger partial charge in [-0.3, -0.25) is 0 Å². The molecule has 0 saturated carbocycles. The van der Waals surface area contributed by atoms with Gasteiger partial charge >= 0.3 is 0 Å². The highest BCUT2D eigenvalue weighted by Gasteiger charge is 2.37. The molecule has 2 aliphatic carbocycles. The molecule has 1 aromatic heterocycles. The molecule has 0 amide bonds. The van der Waals surface area contributed by atoms with Crippen LogP contribution in [-0.2, 0) is 10.8 Å². The fourth-order valence-corrected chi connectivity index (χ4v) is 10.8. The Hall–Kier alpha value is -7.16. The molecular weight excluding hydrogens is 725 g/mol.